The number of carbonyl (C=O) groups is 1. The second-order valence-corrected chi connectivity index (χ2v) is 4.44. The zero-order chi connectivity index (χ0) is 13.2. The predicted octanol–water partition coefficient (Wildman–Crippen LogP) is 1.17. The van der Waals surface area contributed by atoms with Crippen molar-refractivity contribution in [2.24, 2.45) is 0 Å². The first-order chi connectivity index (χ1) is 8.74. The number of aromatic nitrogens is 2. The summed E-state index contributed by atoms with van der Waals surface area (Å²) in [5, 5.41) is 10.3. The van der Waals surface area contributed by atoms with Gasteiger partial charge in [0.1, 0.15) is 0 Å². The first kappa shape index (κ1) is 14.7. The maximum atomic E-state index is 11.6. The molecule has 0 bridgehead atoms. The molecule has 0 fully saturated rings. The highest BCUT2D eigenvalue weighted by molar-refractivity contribution is 5.81. The Morgan fingerprint density at radius 2 is 2.22 bits per heavy atom. The topological polar surface area (TPSA) is 59.0 Å². The number of hydrogen-bond acceptors (Lipinski definition) is 3. The number of nitrogens with one attached hydrogen (secondary N) is 2. The van der Waals surface area contributed by atoms with Gasteiger partial charge in [0.15, 0.2) is 0 Å². The average Bonchev–Trinajstić information content (AvgIpc) is 2.87. The van der Waals surface area contributed by atoms with Crippen LogP contribution in [0.1, 0.15) is 33.1 Å². The highest BCUT2D eigenvalue weighted by atomic mass is 16.2. The Labute approximate surface area is 109 Å². The van der Waals surface area contributed by atoms with Crippen molar-refractivity contribution in [2.75, 3.05) is 13.1 Å². The van der Waals surface area contributed by atoms with Crippen LogP contribution in [-0.2, 0) is 11.3 Å². The van der Waals surface area contributed by atoms with Crippen molar-refractivity contribution < 1.29 is 4.79 Å². The molecule has 102 valence electrons. The van der Waals surface area contributed by atoms with Crippen molar-refractivity contribution in [2.45, 2.75) is 45.7 Å². The summed E-state index contributed by atoms with van der Waals surface area (Å²) in [5.41, 5.74) is 0. The molecule has 1 aromatic rings. The molecule has 0 spiro atoms. The zero-order valence-electron chi connectivity index (χ0n) is 11.4. The van der Waals surface area contributed by atoms with Crippen molar-refractivity contribution in [1.82, 2.24) is 20.4 Å². The molecule has 0 saturated heterocycles. The van der Waals surface area contributed by atoms with Crippen molar-refractivity contribution in [3.63, 3.8) is 0 Å². The van der Waals surface area contributed by atoms with Gasteiger partial charge in [-0.3, -0.25) is 9.48 Å². The number of aryl methyl sites for hydroxylation is 1. The quantitative estimate of drug-likeness (QED) is 0.649. The number of amides is 1. The molecule has 1 atom stereocenters. The summed E-state index contributed by atoms with van der Waals surface area (Å²) < 4.78 is 1.90. The first-order valence-corrected chi connectivity index (χ1v) is 6.72. The molecule has 0 aromatic carbocycles. The maximum Gasteiger partial charge on any atom is 0.236 e. The molecule has 1 amide bonds. The maximum absolute atomic E-state index is 11.6. The molecule has 0 aliphatic heterocycles. The third kappa shape index (κ3) is 5.82. The minimum Gasteiger partial charge on any atom is -0.355 e. The Bertz CT molecular complexity index is 324. The van der Waals surface area contributed by atoms with E-state index >= 15 is 0 Å². The van der Waals surface area contributed by atoms with Gasteiger partial charge in [-0.15, -0.1) is 0 Å². The summed E-state index contributed by atoms with van der Waals surface area (Å²) in [6.45, 7) is 6.49. The highest BCUT2D eigenvalue weighted by Crippen LogP contribution is 1.90. The standard InChI is InChI=1S/C13H24N4O/c1-3-4-7-15-13(18)12(2)14-8-5-10-17-11-6-9-16-17/h6,9,11-12,14H,3-5,7-8,10H2,1-2H3,(H,15,18). The molecular formula is C13H24N4O. The van der Waals surface area contributed by atoms with E-state index in [4.69, 9.17) is 0 Å². The Hall–Kier alpha value is -1.36. The summed E-state index contributed by atoms with van der Waals surface area (Å²) in [5.74, 6) is 0.0857. The van der Waals surface area contributed by atoms with Crippen LogP contribution < -0.4 is 10.6 Å². The molecule has 0 radical (unpaired) electrons. The molecule has 5 nitrogen and oxygen atoms in total. The largest absolute Gasteiger partial charge is 0.355 e. The summed E-state index contributed by atoms with van der Waals surface area (Å²) >= 11 is 0. The van der Waals surface area contributed by atoms with Gasteiger partial charge in [-0.25, -0.2) is 0 Å². The van der Waals surface area contributed by atoms with Crippen LogP contribution in [0.25, 0.3) is 0 Å². The van der Waals surface area contributed by atoms with Crippen LogP contribution in [0.2, 0.25) is 0 Å². The average molecular weight is 252 g/mol. The second kappa shape index (κ2) is 8.69. The second-order valence-electron chi connectivity index (χ2n) is 4.44. The van der Waals surface area contributed by atoms with E-state index in [9.17, 15) is 4.79 Å². The van der Waals surface area contributed by atoms with E-state index in [2.05, 4.69) is 22.7 Å². The van der Waals surface area contributed by atoms with Crippen LogP contribution in [0, 0.1) is 0 Å². The van der Waals surface area contributed by atoms with Gasteiger partial charge in [0.25, 0.3) is 0 Å². The molecule has 2 N–H and O–H groups in total. The minimum absolute atomic E-state index is 0.0857. The molecule has 1 unspecified atom stereocenters. The van der Waals surface area contributed by atoms with E-state index in [1.807, 2.05) is 23.9 Å². The van der Waals surface area contributed by atoms with Crippen LogP contribution >= 0.6 is 0 Å². The fraction of sp³-hybridized carbons (Fsp3) is 0.692. The normalized spacial score (nSPS) is 12.3. The SMILES string of the molecule is CCCCNC(=O)C(C)NCCCn1cccn1. The monoisotopic (exact) mass is 252 g/mol. The van der Waals surface area contributed by atoms with Gasteiger partial charge in [0, 0.05) is 25.5 Å². The van der Waals surface area contributed by atoms with Crippen molar-refractivity contribution >= 4 is 5.91 Å². The fourth-order valence-electron chi connectivity index (χ4n) is 1.63. The van der Waals surface area contributed by atoms with Gasteiger partial charge in [-0.1, -0.05) is 13.3 Å². The lowest BCUT2D eigenvalue weighted by molar-refractivity contribution is -0.122. The van der Waals surface area contributed by atoms with E-state index in [0.29, 0.717) is 0 Å². The van der Waals surface area contributed by atoms with Gasteiger partial charge in [0.2, 0.25) is 5.91 Å². The van der Waals surface area contributed by atoms with Crippen LogP contribution in [0.15, 0.2) is 18.5 Å². The lowest BCUT2D eigenvalue weighted by atomic mass is 10.2. The number of nitrogens with zero attached hydrogens (tertiary/aromatic N) is 2. The van der Waals surface area contributed by atoms with Crippen LogP contribution in [-0.4, -0.2) is 34.8 Å². The minimum atomic E-state index is -0.125. The molecule has 0 aliphatic rings. The van der Waals surface area contributed by atoms with Crippen molar-refractivity contribution in [3.8, 4) is 0 Å². The third-order valence-electron chi connectivity index (χ3n) is 2.80. The summed E-state index contributed by atoms with van der Waals surface area (Å²) in [6.07, 6.45) is 6.83. The smallest absolute Gasteiger partial charge is 0.236 e. The Morgan fingerprint density at radius 3 is 2.89 bits per heavy atom. The zero-order valence-corrected chi connectivity index (χ0v) is 11.4. The van der Waals surface area contributed by atoms with Crippen LogP contribution in [0.4, 0.5) is 0 Å². The van der Waals surface area contributed by atoms with Gasteiger partial charge < -0.3 is 10.6 Å². The number of hydrogen-bond donors (Lipinski definition) is 2. The first-order valence-electron chi connectivity index (χ1n) is 6.72. The van der Waals surface area contributed by atoms with Crippen molar-refractivity contribution in [3.05, 3.63) is 18.5 Å². The predicted molar refractivity (Wildman–Crippen MR) is 72.2 cm³/mol. The molecule has 1 heterocycles. The van der Waals surface area contributed by atoms with Gasteiger partial charge >= 0.3 is 0 Å². The van der Waals surface area contributed by atoms with E-state index < -0.39 is 0 Å². The molecule has 5 heteroatoms. The molecule has 1 aromatic heterocycles. The Kier molecular flexibility index (Phi) is 7.10. The fourth-order valence-corrected chi connectivity index (χ4v) is 1.63. The van der Waals surface area contributed by atoms with Gasteiger partial charge in [-0.05, 0) is 32.4 Å². The van der Waals surface area contributed by atoms with E-state index in [0.717, 1.165) is 38.9 Å². The molecule has 0 saturated carbocycles. The van der Waals surface area contributed by atoms with E-state index in [-0.39, 0.29) is 11.9 Å². The van der Waals surface area contributed by atoms with E-state index in [1.54, 1.807) is 6.20 Å². The number of unbranched alkanes of at least 4 members (excludes halogenated alkanes) is 1. The van der Waals surface area contributed by atoms with Gasteiger partial charge in [-0.2, -0.15) is 5.10 Å². The van der Waals surface area contributed by atoms with E-state index in [1.165, 1.54) is 0 Å². The van der Waals surface area contributed by atoms with Crippen LogP contribution in [0.3, 0.4) is 0 Å². The van der Waals surface area contributed by atoms with Crippen molar-refractivity contribution in [1.29, 1.82) is 0 Å². The summed E-state index contributed by atoms with van der Waals surface area (Å²) in [6, 6.07) is 1.79. The Morgan fingerprint density at radius 1 is 1.39 bits per heavy atom. The molecule has 0 aliphatic carbocycles. The lowest BCUT2D eigenvalue weighted by Crippen LogP contribution is -2.42. The third-order valence-corrected chi connectivity index (χ3v) is 2.80. The van der Waals surface area contributed by atoms with Crippen LogP contribution in [0.5, 0.6) is 0 Å². The van der Waals surface area contributed by atoms with Gasteiger partial charge in [0.05, 0.1) is 6.04 Å². The molecule has 18 heavy (non-hydrogen) atoms. The number of rotatable bonds is 9. The number of carbonyl (C=O) groups excluding carboxylic acids is 1. The Balaban J connectivity index is 2.05. The summed E-state index contributed by atoms with van der Waals surface area (Å²) in [7, 11) is 0. The molecule has 1 rings (SSSR count). The summed E-state index contributed by atoms with van der Waals surface area (Å²) in [4.78, 5) is 11.6. The molecular weight excluding hydrogens is 228 g/mol. The lowest BCUT2D eigenvalue weighted by Gasteiger charge is -2.13. The highest BCUT2D eigenvalue weighted by Gasteiger charge is 2.10.